The van der Waals surface area contributed by atoms with Crippen LogP contribution < -0.4 is 5.73 Å². The highest BCUT2D eigenvalue weighted by Crippen LogP contribution is 2.33. The Morgan fingerprint density at radius 2 is 1.79 bits per heavy atom. The molecule has 3 rings (SSSR count). The predicted molar refractivity (Wildman–Crippen MR) is 78.9 cm³/mol. The van der Waals surface area contributed by atoms with E-state index in [0.717, 1.165) is 11.6 Å². The fourth-order valence-electron chi connectivity index (χ4n) is 3.05. The summed E-state index contributed by atoms with van der Waals surface area (Å²) in [5.74, 6) is 1.32. The van der Waals surface area contributed by atoms with Crippen molar-refractivity contribution in [1.82, 2.24) is 9.55 Å². The highest BCUT2D eigenvalue weighted by molar-refractivity contribution is 5.61. The quantitative estimate of drug-likeness (QED) is 0.888. The summed E-state index contributed by atoms with van der Waals surface area (Å²) >= 11 is 0. The van der Waals surface area contributed by atoms with Gasteiger partial charge in [0.05, 0.1) is 11.9 Å². The molecule has 1 heterocycles. The summed E-state index contributed by atoms with van der Waals surface area (Å²) in [4.78, 5) is 4.15. The highest BCUT2D eigenvalue weighted by atomic mass is 15.1. The van der Waals surface area contributed by atoms with E-state index in [0.29, 0.717) is 5.95 Å². The average molecular weight is 255 g/mol. The van der Waals surface area contributed by atoms with E-state index in [-0.39, 0.29) is 0 Å². The monoisotopic (exact) mass is 255 g/mol. The van der Waals surface area contributed by atoms with Gasteiger partial charge < -0.3 is 10.3 Å². The molecule has 0 radical (unpaired) electrons. The third-order valence-corrected chi connectivity index (χ3v) is 4.31. The highest BCUT2D eigenvalue weighted by Gasteiger charge is 2.15. The fraction of sp³-hybridized carbons (Fsp3) is 0.438. The molecule has 19 heavy (non-hydrogen) atoms. The van der Waals surface area contributed by atoms with Crippen molar-refractivity contribution in [2.45, 2.75) is 38.0 Å². The maximum atomic E-state index is 5.78. The lowest BCUT2D eigenvalue weighted by Crippen LogP contribution is -2.04. The van der Waals surface area contributed by atoms with E-state index < -0.39 is 0 Å². The van der Waals surface area contributed by atoms with Gasteiger partial charge in [0.15, 0.2) is 5.95 Å². The maximum absolute atomic E-state index is 5.78. The maximum Gasteiger partial charge on any atom is 0.200 e. The van der Waals surface area contributed by atoms with Crippen molar-refractivity contribution in [1.29, 1.82) is 0 Å². The van der Waals surface area contributed by atoms with Gasteiger partial charge in [-0.2, -0.15) is 0 Å². The number of imidazole rings is 1. The Morgan fingerprint density at radius 1 is 1.11 bits per heavy atom. The minimum atomic E-state index is 0.561. The van der Waals surface area contributed by atoms with E-state index in [9.17, 15) is 0 Å². The summed E-state index contributed by atoms with van der Waals surface area (Å²) < 4.78 is 1.93. The van der Waals surface area contributed by atoms with Gasteiger partial charge in [0.25, 0.3) is 0 Å². The summed E-state index contributed by atoms with van der Waals surface area (Å²) in [6.45, 7) is 0. The molecule has 1 aromatic heterocycles. The Hall–Kier alpha value is -1.77. The van der Waals surface area contributed by atoms with E-state index in [4.69, 9.17) is 5.73 Å². The average Bonchev–Trinajstić information content (AvgIpc) is 2.80. The Labute approximate surface area is 114 Å². The van der Waals surface area contributed by atoms with E-state index in [1.165, 1.54) is 43.2 Å². The molecule has 0 bridgehead atoms. The molecule has 3 heteroatoms. The van der Waals surface area contributed by atoms with Gasteiger partial charge in [-0.25, -0.2) is 4.98 Å². The van der Waals surface area contributed by atoms with Crippen LogP contribution in [0.2, 0.25) is 0 Å². The van der Waals surface area contributed by atoms with Gasteiger partial charge in [-0.15, -0.1) is 0 Å². The fourth-order valence-corrected chi connectivity index (χ4v) is 3.05. The first kappa shape index (κ1) is 12.3. The van der Waals surface area contributed by atoms with Gasteiger partial charge in [-0.1, -0.05) is 43.5 Å². The molecule has 1 fully saturated rings. The van der Waals surface area contributed by atoms with Crippen LogP contribution in [0.5, 0.6) is 0 Å². The lowest BCUT2D eigenvalue weighted by atomic mass is 9.84. The molecule has 1 aromatic carbocycles. The van der Waals surface area contributed by atoms with Crippen LogP contribution in [0.15, 0.2) is 30.5 Å². The molecule has 0 unspecified atom stereocenters. The lowest BCUT2D eigenvalue weighted by molar-refractivity contribution is 0.443. The molecule has 1 saturated carbocycles. The van der Waals surface area contributed by atoms with Crippen molar-refractivity contribution in [2.75, 3.05) is 5.73 Å². The number of hydrogen-bond donors (Lipinski definition) is 1. The van der Waals surface area contributed by atoms with Crippen LogP contribution in [0.4, 0.5) is 5.95 Å². The SMILES string of the molecule is Cn1c(-c2ccc(C3CCCCC3)cc2)cnc1N. The first-order valence-corrected chi connectivity index (χ1v) is 7.13. The lowest BCUT2D eigenvalue weighted by Gasteiger charge is -2.22. The van der Waals surface area contributed by atoms with Crippen molar-refractivity contribution in [3.63, 3.8) is 0 Å². The van der Waals surface area contributed by atoms with Crippen molar-refractivity contribution >= 4 is 5.95 Å². The van der Waals surface area contributed by atoms with Crippen molar-refractivity contribution in [3.05, 3.63) is 36.0 Å². The van der Waals surface area contributed by atoms with Crippen LogP contribution in [-0.4, -0.2) is 9.55 Å². The molecular formula is C16H21N3. The minimum absolute atomic E-state index is 0.561. The number of nitrogens with two attached hydrogens (primary N) is 1. The normalized spacial score (nSPS) is 16.7. The number of benzene rings is 1. The molecular weight excluding hydrogens is 234 g/mol. The standard InChI is InChI=1S/C16H21N3/c1-19-15(11-18-16(19)17)14-9-7-13(8-10-14)12-5-3-2-4-6-12/h7-12H,2-6H2,1H3,(H2,17,18). The van der Waals surface area contributed by atoms with Gasteiger partial charge in [-0.3, -0.25) is 0 Å². The molecule has 0 saturated heterocycles. The summed E-state index contributed by atoms with van der Waals surface area (Å²) in [6.07, 6.45) is 8.69. The summed E-state index contributed by atoms with van der Waals surface area (Å²) in [6, 6.07) is 8.93. The van der Waals surface area contributed by atoms with E-state index >= 15 is 0 Å². The van der Waals surface area contributed by atoms with Gasteiger partial charge in [-0.05, 0) is 29.9 Å². The van der Waals surface area contributed by atoms with E-state index in [2.05, 4.69) is 29.2 Å². The zero-order chi connectivity index (χ0) is 13.2. The molecule has 1 aliphatic carbocycles. The van der Waals surface area contributed by atoms with Crippen molar-refractivity contribution < 1.29 is 0 Å². The number of aromatic nitrogens is 2. The van der Waals surface area contributed by atoms with Gasteiger partial charge in [0, 0.05) is 7.05 Å². The number of hydrogen-bond acceptors (Lipinski definition) is 2. The van der Waals surface area contributed by atoms with Crippen LogP contribution >= 0.6 is 0 Å². The van der Waals surface area contributed by atoms with Crippen molar-refractivity contribution in [3.8, 4) is 11.3 Å². The van der Waals surface area contributed by atoms with E-state index in [1.807, 2.05) is 17.8 Å². The number of nitrogen functional groups attached to an aromatic ring is 1. The number of nitrogens with zero attached hydrogens (tertiary/aromatic N) is 2. The Kier molecular flexibility index (Phi) is 3.28. The summed E-state index contributed by atoms with van der Waals surface area (Å²) in [5, 5.41) is 0. The largest absolute Gasteiger partial charge is 0.369 e. The Morgan fingerprint density at radius 3 is 2.37 bits per heavy atom. The molecule has 3 nitrogen and oxygen atoms in total. The number of anilines is 1. The van der Waals surface area contributed by atoms with Gasteiger partial charge >= 0.3 is 0 Å². The molecule has 0 aliphatic heterocycles. The minimum Gasteiger partial charge on any atom is -0.369 e. The second-order valence-corrected chi connectivity index (χ2v) is 5.52. The second kappa shape index (κ2) is 5.08. The second-order valence-electron chi connectivity index (χ2n) is 5.52. The third kappa shape index (κ3) is 2.37. The molecule has 2 N–H and O–H groups in total. The topological polar surface area (TPSA) is 43.8 Å². The van der Waals surface area contributed by atoms with Crippen LogP contribution in [0, 0.1) is 0 Å². The predicted octanol–water partition coefficient (Wildman–Crippen LogP) is 3.72. The van der Waals surface area contributed by atoms with Crippen LogP contribution in [-0.2, 0) is 7.05 Å². The molecule has 1 aliphatic rings. The molecule has 0 spiro atoms. The molecule has 0 atom stereocenters. The molecule has 0 amide bonds. The van der Waals surface area contributed by atoms with Crippen LogP contribution in [0.3, 0.4) is 0 Å². The van der Waals surface area contributed by atoms with Crippen molar-refractivity contribution in [2.24, 2.45) is 7.05 Å². The van der Waals surface area contributed by atoms with Crippen LogP contribution in [0.1, 0.15) is 43.6 Å². The Bertz CT molecular complexity index is 548. The first-order valence-electron chi connectivity index (χ1n) is 7.13. The van der Waals surface area contributed by atoms with Gasteiger partial charge in [0.2, 0.25) is 0 Å². The summed E-state index contributed by atoms with van der Waals surface area (Å²) in [5.41, 5.74) is 9.52. The van der Waals surface area contributed by atoms with E-state index in [1.54, 1.807) is 0 Å². The third-order valence-electron chi connectivity index (χ3n) is 4.31. The smallest absolute Gasteiger partial charge is 0.200 e. The summed E-state index contributed by atoms with van der Waals surface area (Å²) in [7, 11) is 1.95. The first-order chi connectivity index (χ1) is 9.25. The van der Waals surface area contributed by atoms with Crippen LogP contribution in [0.25, 0.3) is 11.3 Å². The Balaban J connectivity index is 1.84. The zero-order valence-electron chi connectivity index (χ0n) is 11.5. The van der Waals surface area contributed by atoms with Gasteiger partial charge in [0.1, 0.15) is 0 Å². The molecule has 100 valence electrons. The number of rotatable bonds is 2. The molecule has 2 aromatic rings. The zero-order valence-corrected chi connectivity index (χ0v) is 11.5.